The Kier molecular flexibility index (Phi) is 3.28. The van der Waals surface area contributed by atoms with Crippen LogP contribution < -0.4 is 5.73 Å². The summed E-state index contributed by atoms with van der Waals surface area (Å²) in [6.45, 7) is 7.30. The molecule has 0 bridgehead atoms. The highest BCUT2D eigenvalue weighted by Crippen LogP contribution is 2.40. The summed E-state index contributed by atoms with van der Waals surface area (Å²) in [5.41, 5.74) is 9.80. The topological polar surface area (TPSA) is 43.8 Å². The van der Waals surface area contributed by atoms with E-state index in [2.05, 4.69) is 49.6 Å². The smallest absolute Gasteiger partial charge is 0.131 e. The van der Waals surface area contributed by atoms with Crippen LogP contribution in [-0.4, -0.2) is 9.55 Å². The molecule has 1 fully saturated rings. The number of hydrogen-bond donors (Lipinski definition) is 1. The van der Waals surface area contributed by atoms with Gasteiger partial charge >= 0.3 is 0 Å². The molecule has 106 valence electrons. The van der Waals surface area contributed by atoms with Crippen molar-refractivity contribution in [1.82, 2.24) is 9.55 Å². The van der Waals surface area contributed by atoms with Crippen molar-refractivity contribution < 1.29 is 0 Å². The molecule has 0 amide bonds. The number of imidazole rings is 1. The largest absolute Gasteiger partial charge is 0.383 e. The number of nitrogens with two attached hydrogens (primary N) is 1. The van der Waals surface area contributed by atoms with Crippen molar-refractivity contribution in [2.45, 2.75) is 52.0 Å². The van der Waals surface area contributed by atoms with Gasteiger partial charge in [0.2, 0.25) is 0 Å². The van der Waals surface area contributed by atoms with Crippen LogP contribution in [0.3, 0.4) is 0 Å². The minimum Gasteiger partial charge on any atom is -0.383 e. The third-order valence-electron chi connectivity index (χ3n) is 4.10. The maximum absolute atomic E-state index is 6.30. The first-order chi connectivity index (χ1) is 9.61. The van der Waals surface area contributed by atoms with Gasteiger partial charge in [0.1, 0.15) is 17.3 Å². The third kappa shape index (κ3) is 2.21. The number of nitrogens with zero attached hydrogens (tertiary/aromatic N) is 2. The summed E-state index contributed by atoms with van der Waals surface area (Å²) in [5.74, 6) is 3.04. The second kappa shape index (κ2) is 4.97. The van der Waals surface area contributed by atoms with E-state index in [9.17, 15) is 0 Å². The van der Waals surface area contributed by atoms with E-state index in [0.29, 0.717) is 5.92 Å². The molecule has 1 aliphatic carbocycles. The van der Waals surface area contributed by atoms with Crippen molar-refractivity contribution in [3.05, 3.63) is 35.7 Å². The zero-order valence-corrected chi connectivity index (χ0v) is 12.6. The van der Waals surface area contributed by atoms with Crippen LogP contribution >= 0.6 is 0 Å². The van der Waals surface area contributed by atoms with E-state index >= 15 is 0 Å². The van der Waals surface area contributed by atoms with Gasteiger partial charge in [-0.2, -0.15) is 0 Å². The first kappa shape index (κ1) is 13.2. The molecule has 0 atom stereocenters. The van der Waals surface area contributed by atoms with Gasteiger partial charge in [-0.25, -0.2) is 4.98 Å². The summed E-state index contributed by atoms with van der Waals surface area (Å²) in [5, 5.41) is 0. The lowest BCUT2D eigenvalue weighted by atomic mass is 10.1. The molecule has 1 aromatic heterocycles. The van der Waals surface area contributed by atoms with Crippen LogP contribution in [-0.2, 0) is 6.54 Å². The van der Waals surface area contributed by atoms with Gasteiger partial charge in [0.25, 0.3) is 0 Å². The second-order valence-electron chi connectivity index (χ2n) is 6.00. The Balaban J connectivity index is 2.00. The molecule has 20 heavy (non-hydrogen) atoms. The standard InChI is InChI=1S/C17H23N3/c1-4-20-16(18)15(19-17(20)11(2)3)14-9-7-13(8-10-14)12-5-6-12/h7-12H,4-6,18H2,1-3H3. The van der Waals surface area contributed by atoms with Gasteiger partial charge in [-0.15, -0.1) is 0 Å². The summed E-state index contributed by atoms with van der Waals surface area (Å²) in [7, 11) is 0. The van der Waals surface area contributed by atoms with Crippen LogP contribution in [0.4, 0.5) is 5.82 Å². The van der Waals surface area contributed by atoms with E-state index in [1.165, 1.54) is 18.4 Å². The van der Waals surface area contributed by atoms with Crippen LogP contribution in [0.15, 0.2) is 24.3 Å². The Morgan fingerprint density at radius 1 is 1.25 bits per heavy atom. The Morgan fingerprint density at radius 3 is 2.35 bits per heavy atom. The van der Waals surface area contributed by atoms with E-state index in [1.54, 1.807) is 0 Å². The van der Waals surface area contributed by atoms with Gasteiger partial charge in [-0.1, -0.05) is 38.1 Å². The van der Waals surface area contributed by atoms with Gasteiger partial charge in [0.15, 0.2) is 0 Å². The van der Waals surface area contributed by atoms with Crippen LogP contribution in [0.2, 0.25) is 0 Å². The Hall–Kier alpha value is -1.77. The minimum absolute atomic E-state index is 0.386. The highest BCUT2D eigenvalue weighted by Gasteiger charge is 2.23. The number of nitrogen functional groups attached to an aromatic ring is 1. The molecule has 1 aromatic carbocycles. The summed E-state index contributed by atoms with van der Waals surface area (Å²) in [6, 6.07) is 8.78. The molecular formula is C17H23N3. The molecule has 3 heteroatoms. The number of rotatable bonds is 4. The fraction of sp³-hybridized carbons (Fsp3) is 0.471. The Labute approximate surface area is 120 Å². The Bertz CT molecular complexity index is 604. The average Bonchev–Trinajstić information content (AvgIpc) is 3.23. The highest BCUT2D eigenvalue weighted by atomic mass is 15.1. The fourth-order valence-corrected chi connectivity index (χ4v) is 2.80. The van der Waals surface area contributed by atoms with Crippen LogP contribution in [0, 0.1) is 0 Å². The number of hydrogen-bond acceptors (Lipinski definition) is 2. The molecule has 3 nitrogen and oxygen atoms in total. The maximum Gasteiger partial charge on any atom is 0.131 e. The second-order valence-corrected chi connectivity index (χ2v) is 6.00. The van der Waals surface area contributed by atoms with Gasteiger partial charge in [-0.3, -0.25) is 0 Å². The van der Waals surface area contributed by atoms with Crippen molar-refractivity contribution in [2.75, 3.05) is 5.73 Å². The molecule has 1 aliphatic rings. The van der Waals surface area contributed by atoms with E-state index < -0.39 is 0 Å². The number of aromatic nitrogens is 2. The van der Waals surface area contributed by atoms with Gasteiger partial charge < -0.3 is 10.3 Å². The SMILES string of the molecule is CCn1c(C(C)C)nc(-c2ccc(C3CC3)cc2)c1N. The van der Waals surface area contributed by atoms with Crippen molar-refractivity contribution in [2.24, 2.45) is 0 Å². The van der Waals surface area contributed by atoms with E-state index in [0.717, 1.165) is 35.4 Å². The molecule has 0 unspecified atom stereocenters. The molecule has 0 saturated heterocycles. The Morgan fingerprint density at radius 2 is 1.90 bits per heavy atom. The lowest BCUT2D eigenvalue weighted by Gasteiger charge is -2.08. The van der Waals surface area contributed by atoms with E-state index in [4.69, 9.17) is 10.7 Å². The van der Waals surface area contributed by atoms with Gasteiger partial charge in [-0.05, 0) is 31.2 Å². The van der Waals surface area contributed by atoms with Gasteiger partial charge in [0, 0.05) is 18.0 Å². The summed E-state index contributed by atoms with van der Waals surface area (Å²) < 4.78 is 2.12. The lowest BCUT2D eigenvalue weighted by Crippen LogP contribution is -2.06. The molecule has 2 aromatic rings. The van der Waals surface area contributed by atoms with Crippen LogP contribution in [0.25, 0.3) is 11.3 Å². The normalized spacial score (nSPS) is 15.0. The molecule has 2 N–H and O–H groups in total. The molecule has 1 heterocycles. The number of anilines is 1. The monoisotopic (exact) mass is 269 g/mol. The first-order valence-electron chi connectivity index (χ1n) is 7.58. The van der Waals surface area contributed by atoms with Crippen molar-refractivity contribution in [1.29, 1.82) is 0 Å². The fourth-order valence-electron chi connectivity index (χ4n) is 2.80. The van der Waals surface area contributed by atoms with E-state index in [1.807, 2.05) is 0 Å². The highest BCUT2D eigenvalue weighted by molar-refractivity contribution is 5.71. The van der Waals surface area contributed by atoms with Crippen LogP contribution in [0.5, 0.6) is 0 Å². The summed E-state index contributed by atoms with van der Waals surface area (Å²) in [4.78, 5) is 4.78. The summed E-state index contributed by atoms with van der Waals surface area (Å²) >= 11 is 0. The van der Waals surface area contributed by atoms with Crippen molar-refractivity contribution in [3.8, 4) is 11.3 Å². The molecule has 0 spiro atoms. The maximum atomic E-state index is 6.30. The predicted molar refractivity (Wildman–Crippen MR) is 83.8 cm³/mol. The first-order valence-corrected chi connectivity index (χ1v) is 7.58. The molecule has 0 aliphatic heterocycles. The molecule has 1 saturated carbocycles. The third-order valence-corrected chi connectivity index (χ3v) is 4.10. The molecule has 3 rings (SSSR count). The average molecular weight is 269 g/mol. The summed E-state index contributed by atoms with van der Waals surface area (Å²) in [6.07, 6.45) is 2.67. The van der Waals surface area contributed by atoms with Crippen molar-refractivity contribution in [3.63, 3.8) is 0 Å². The van der Waals surface area contributed by atoms with Gasteiger partial charge in [0.05, 0.1) is 0 Å². The van der Waals surface area contributed by atoms with E-state index in [-0.39, 0.29) is 0 Å². The zero-order chi connectivity index (χ0) is 14.3. The quantitative estimate of drug-likeness (QED) is 0.906. The van der Waals surface area contributed by atoms with Crippen LogP contribution in [0.1, 0.15) is 56.8 Å². The van der Waals surface area contributed by atoms with Crippen molar-refractivity contribution >= 4 is 5.82 Å². The molecule has 0 radical (unpaired) electrons. The number of benzene rings is 1. The zero-order valence-electron chi connectivity index (χ0n) is 12.6. The minimum atomic E-state index is 0.386. The predicted octanol–water partition coefficient (Wildman–Crippen LogP) is 4.15. The molecular weight excluding hydrogens is 246 g/mol. The lowest BCUT2D eigenvalue weighted by molar-refractivity contribution is 0.658.